The highest BCUT2D eigenvalue weighted by molar-refractivity contribution is 6.30. The number of hydrogen-bond donors (Lipinski definition) is 1. The molecular weight excluding hydrogens is 260 g/mol. The van der Waals surface area contributed by atoms with E-state index in [4.69, 9.17) is 23.2 Å². The van der Waals surface area contributed by atoms with Gasteiger partial charge in [-0.1, -0.05) is 31.5 Å². The second kappa shape index (κ2) is 6.58. The molecule has 0 saturated heterocycles. The van der Waals surface area contributed by atoms with Crippen LogP contribution in [0.5, 0.6) is 0 Å². The smallest absolute Gasteiger partial charge is 0.141 e. The van der Waals surface area contributed by atoms with Crippen molar-refractivity contribution in [3.05, 3.63) is 34.6 Å². The van der Waals surface area contributed by atoms with Crippen LogP contribution in [0.25, 0.3) is 0 Å². The van der Waals surface area contributed by atoms with Gasteiger partial charge in [-0.3, -0.25) is 0 Å². The fraction of sp³-hybridized carbons (Fsp3) is 0.538. The number of alkyl halides is 1. The first kappa shape index (κ1) is 14.7. The Morgan fingerprint density at radius 2 is 2.06 bits per heavy atom. The van der Waals surface area contributed by atoms with Gasteiger partial charge in [-0.25, -0.2) is 4.39 Å². The van der Waals surface area contributed by atoms with Crippen molar-refractivity contribution in [1.29, 1.82) is 0 Å². The van der Waals surface area contributed by atoms with Gasteiger partial charge in [-0.2, -0.15) is 0 Å². The SMILES string of the molecule is CC(C)(CCCl)CNCc1ccc(F)c(Cl)c1. The molecule has 1 N–H and O–H groups in total. The summed E-state index contributed by atoms with van der Waals surface area (Å²) in [6.07, 6.45) is 0.964. The van der Waals surface area contributed by atoms with E-state index in [2.05, 4.69) is 19.2 Å². The van der Waals surface area contributed by atoms with Crippen molar-refractivity contribution < 1.29 is 4.39 Å². The second-order valence-electron chi connectivity index (χ2n) is 4.96. The zero-order valence-corrected chi connectivity index (χ0v) is 11.7. The van der Waals surface area contributed by atoms with Crippen molar-refractivity contribution in [1.82, 2.24) is 5.32 Å². The van der Waals surface area contributed by atoms with E-state index in [0.29, 0.717) is 12.4 Å². The maximum Gasteiger partial charge on any atom is 0.141 e. The van der Waals surface area contributed by atoms with Crippen LogP contribution in [0.15, 0.2) is 18.2 Å². The minimum Gasteiger partial charge on any atom is -0.312 e. The molecule has 0 amide bonds. The average molecular weight is 278 g/mol. The third-order valence-corrected chi connectivity index (χ3v) is 3.17. The van der Waals surface area contributed by atoms with E-state index in [-0.39, 0.29) is 16.3 Å². The van der Waals surface area contributed by atoms with E-state index in [0.717, 1.165) is 18.5 Å². The van der Waals surface area contributed by atoms with Crippen molar-refractivity contribution >= 4 is 23.2 Å². The minimum absolute atomic E-state index is 0.171. The molecule has 1 aromatic rings. The highest BCUT2D eigenvalue weighted by Gasteiger charge is 2.16. The third-order valence-electron chi connectivity index (χ3n) is 2.69. The van der Waals surface area contributed by atoms with Crippen LogP contribution in [-0.4, -0.2) is 12.4 Å². The summed E-state index contributed by atoms with van der Waals surface area (Å²) in [5.41, 5.74) is 1.16. The maximum atomic E-state index is 12.9. The molecule has 0 unspecified atom stereocenters. The van der Waals surface area contributed by atoms with Crippen LogP contribution in [-0.2, 0) is 6.54 Å². The van der Waals surface area contributed by atoms with Gasteiger partial charge in [0.15, 0.2) is 0 Å². The molecule has 0 bridgehead atoms. The van der Waals surface area contributed by atoms with Gasteiger partial charge in [0.05, 0.1) is 5.02 Å². The van der Waals surface area contributed by atoms with Gasteiger partial charge >= 0.3 is 0 Å². The average Bonchev–Trinajstić information content (AvgIpc) is 2.23. The molecule has 17 heavy (non-hydrogen) atoms. The summed E-state index contributed by atoms with van der Waals surface area (Å²) in [6.45, 7) is 5.89. The summed E-state index contributed by atoms with van der Waals surface area (Å²) in [5, 5.41) is 3.50. The predicted molar refractivity (Wildman–Crippen MR) is 72.2 cm³/mol. The molecule has 0 spiro atoms. The van der Waals surface area contributed by atoms with Crippen LogP contribution in [0.2, 0.25) is 5.02 Å². The Kier molecular flexibility index (Phi) is 5.71. The van der Waals surface area contributed by atoms with Crippen LogP contribution in [0.3, 0.4) is 0 Å². The summed E-state index contributed by atoms with van der Waals surface area (Å²) in [4.78, 5) is 0. The molecule has 4 heteroatoms. The van der Waals surface area contributed by atoms with Crippen LogP contribution < -0.4 is 5.32 Å². The number of hydrogen-bond acceptors (Lipinski definition) is 1. The molecule has 0 aliphatic rings. The Morgan fingerprint density at radius 1 is 1.35 bits per heavy atom. The first-order valence-corrected chi connectivity index (χ1v) is 6.56. The first-order chi connectivity index (χ1) is 7.94. The van der Waals surface area contributed by atoms with E-state index in [1.54, 1.807) is 12.1 Å². The first-order valence-electron chi connectivity index (χ1n) is 5.65. The van der Waals surface area contributed by atoms with E-state index >= 15 is 0 Å². The van der Waals surface area contributed by atoms with Crippen LogP contribution in [0.1, 0.15) is 25.8 Å². The molecule has 0 atom stereocenters. The normalized spacial score (nSPS) is 11.8. The molecule has 0 aromatic heterocycles. The zero-order chi connectivity index (χ0) is 12.9. The van der Waals surface area contributed by atoms with Crippen LogP contribution in [0.4, 0.5) is 4.39 Å². The fourth-order valence-corrected chi connectivity index (χ4v) is 2.25. The molecule has 0 saturated carbocycles. The molecular formula is C13H18Cl2FN. The van der Waals surface area contributed by atoms with E-state index in [1.165, 1.54) is 6.07 Å². The van der Waals surface area contributed by atoms with Crippen molar-refractivity contribution in [2.24, 2.45) is 5.41 Å². The van der Waals surface area contributed by atoms with Gasteiger partial charge < -0.3 is 5.32 Å². The van der Waals surface area contributed by atoms with Gasteiger partial charge in [0.25, 0.3) is 0 Å². The third kappa shape index (κ3) is 5.24. The predicted octanol–water partition coefficient (Wildman–Crippen LogP) is 4.22. The van der Waals surface area contributed by atoms with Crippen molar-refractivity contribution in [3.63, 3.8) is 0 Å². The Bertz CT molecular complexity index is 366. The molecule has 0 radical (unpaired) electrons. The molecule has 0 aliphatic carbocycles. The Morgan fingerprint density at radius 3 is 2.65 bits per heavy atom. The standard InChI is InChI=1S/C13H18Cl2FN/c1-13(2,5-6-14)9-17-8-10-3-4-12(16)11(15)7-10/h3-4,7,17H,5-6,8-9H2,1-2H3. The van der Waals surface area contributed by atoms with E-state index < -0.39 is 0 Å². The van der Waals surface area contributed by atoms with Crippen molar-refractivity contribution in [2.45, 2.75) is 26.8 Å². The largest absolute Gasteiger partial charge is 0.312 e. The summed E-state index contributed by atoms with van der Waals surface area (Å²) in [5.74, 6) is 0.287. The Labute approximate surface area is 112 Å². The molecule has 1 nitrogen and oxygen atoms in total. The summed E-state index contributed by atoms with van der Waals surface area (Å²) in [6, 6.07) is 4.78. The monoisotopic (exact) mass is 277 g/mol. The van der Waals surface area contributed by atoms with Gasteiger partial charge in [-0.05, 0) is 29.5 Å². The lowest BCUT2D eigenvalue weighted by atomic mass is 9.90. The van der Waals surface area contributed by atoms with Crippen molar-refractivity contribution in [2.75, 3.05) is 12.4 Å². The molecule has 0 heterocycles. The summed E-state index contributed by atoms with van der Waals surface area (Å²) >= 11 is 11.4. The highest BCUT2D eigenvalue weighted by Crippen LogP contribution is 2.20. The number of benzene rings is 1. The lowest BCUT2D eigenvalue weighted by Crippen LogP contribution is -2.29. The Balaban J connectivity index is 2.43. The van der Waals surface area contributed by atoms with Crippen LogP contribution in [0, 0.1) is 11.2 Å². The number of nitrogens with one attached hydrogen (secondary N) is 1. The maximum absolute atomic E-state index is 12.9. The Hall–Kier alpha value is -0.310. The second-order valence-corrected chi connectivity index (χ2v) is 5.74. The molecule has 0 fully saturated rings. The quantitative estimate of drug-likeness (QED) is 0.768. The molecule has 1 aromatic carbocycles. The lowest BCUT2D eigenvalue weighted by Gasteiger charge is -2.23. The molecule has 1 rings (SSSR count). The topological polar surface area (TPSA) is 12.0 Å². The number of rotatable bonds is 6. The number of halogens is 3. The highest BCUT2D eigenvalue weighted by atomic mass is 35.5. The molecule has 96 valence electrons. The van der Waals surface area contributed by atoms with Gasteiger partial charge in [0.2, 0.25) is 0 Å². The van der Waals surface area contributed by atoms with Gasteiger partial charge in [0, 0.05) is 19.0 Å². The van der Waals surface area contributed by atoms with Gasteiger partial charge in [0.1, 0.15) is 5.82 Å². The van der Waals surface area contributed by atoms with Crippen LogP contribution >= 0.6 is 23.2 Å². The lowest BCUT2D eigenvalue weighted by molar-refractivity contribution is 0.329. The van der Waals surface area contributed by atoms with E-state index in [1.807, 2.05) is 0 Å². The van der Waals surface area contributed by atoms with Crippen molar-refractivity contribution in [3.8, 4) is 0 Å². The van der Waals surface area contributed by atoms with E-state index in [9.17, 15) is 4.39 Å². The summed E-state index contributed by atoms with van der Waals surface area (Å²) < 4.78 is 12.9. The fourth-order valence-electron chi connectivity index (χ4n) is 1.54. The summed E-state index contributed by atoms with van der Waals surface area (Å²) in [7, 11) is 0. The van der Waals surface area contributed by atoms with Gasteiger partial charge in [-0.15, -0.1) is 11.6 Å². The molecule has 0 aliphatic heterocycles. The minimum atomic E-state index is -0.377. The zero-order valence-electron chi connectivity index (χ0n) is 10.2.